The van der Waals surface area contributed by atoms with Crippen molar-refractivity contribution in [1.29, 1.82) is 0 Å². The Labute approximate surface area is 156 Å². The van der Waals surface area contributed by atoms with Gasteiger partial charge in [-0.1, -0.05) is 0 Å². The summed E-state index contributed by atoms with van der Waals surface area (Å²) in [6.07, 6.45) is 4.95. The van der Waals surface area contributed by atoms with Gasteiger partial charge in [0, 0.05) is 13.1 Å². The van der Waals surface area contributed by atoms with Crippen LogP contribution in [0.5, 0.6) is 0 Å². The Kier molecular flexibility index (Phi) is 4.82. The van der Waals surface area contributed by atoms with Gasteiger partial charge in [0.2, 0.25) is 0 Å². The summed E-state index contributed by atoms with van der Waals surface area (Å²) in [5.74, 6) is 1.12. The fraction of sp³-hybridized carbons (Fsp3) is 0.579. The minimum Gasteiger partial charge on any atom is -0.350 e. The summed E-state index contributed by atoms with van der Waals surface area (Å²) in [5, 5.41) is 3.26. The van der Waals surface area contributed by atoms with Gasteiger partial charge in [-0.05, 0) is 69.2 Å². The van der Waals surface area contributed by atoms with Gasteiger partial charge in [0.05, 0.1) is 5.39 Å². The van der Waals surface area contributed by atoms with Gasteiger partial charge in [0.15, 0.2) is 0 Å². The van der Waals surface area contributed by atoms with Gasteiger partial charge in [0.1, 0.15) is 11.3 Å². The van der Waals surface area contributed by atoms with Crippen LogP contribution in [-0.4, -0.2) is 51.9 Å². The van der Waals surface area contributed by atoms with Crippen molar-refractivity contribution in [3.8, 4) is 0 Å². The van der Waals surface area contributed by atoms with Crippen LogP contribution in [-0.2, 0) is 0 Å². The van der Waals surface area contributed by atoms with Crippen LogP contribution in [0.25, 0.3) is 11.0 Å². The van der Waals surface area contributed by atoms with E-state index < -0.39 is 11.2 Å². The van der Waals surface area contributed by atoms with E-state index in [1.807, 2.05) is 0 Å². The maximum absolute atomic E-state index is 12.5. The number of aryl methyl sites for hydroxylation is 1. The van der Waals surface area contributed by atoms with E-state index in [0.29, 0.717) is 23.4 Å². The molecule has 8 nitrogen and oxygen atoms in total. The van der Waals surface area contributed by atoms with Crippen LogP contribution in [0, 0.1) is 18.8 Å². The van der Waals surface area contributed by atoms with Crippen molar-refractivity contribution in [3.63, 3.8) is 0 Å². The second kappa shape index (κ2) is 7.26. The third-order valence-corrected chi connectivity index (χ3v) is 5.61. The number of carbonyl (C=O) groups excluding carboxylic acids is 1. The number of piperidine rings is 1. The minimum atomic E-state index is -0.630. The first-order chi connectivity index (χ1) is 13.0. The van der Waals surface area contributed by atoms with Crippen molar-refractivity contribution in [2.75, 3.05) is 26.2 Å². The van der Waals surface area contributed by atoms with E-state index in [0.717, 1.165) is 31.8 Å². The standard InChI is InChI=1S/C19H25N5O3/c1-11-8-14(21-16-15(11)18(26)23-19(27)22-16)17(25)20-9-12-4-6-24(7-5-12)10-13-2-3-13/h8,12-13H,2-7,9-10H2,1H3,(H,20,25)(H2,21,22,23,26,27). The van der Waals surface area contributed by atoms with E-state index in [1.165, 1.54) is 19.4 Å². The number of nitrogens with one attached hydrogen (secondary N) is 3. The number of carbonyl (C=O) groups is 1. The van der Waals surface area contributed by atoms with Crippen LogP contribution in [0.2, 0.25) is 0 Å². The monoisotopic (exact) mass is 371 g/mol. The topological polar surface area (TPSA) is 111 Å². The normalized spacial score (nSPS) is 18.7. The number of aromatic amines is 2. The molecule has 2 fully saturated rings. The van der Waals surface area contributed by atoms with E-state index in [-0.39, 0.29) is 17.2 Å². The molecule has 0 aromatic carbocycles. The molecule has 1 saturated carbocycles. The van der Waals surface area contributed by atoms with Crippen molar-refractivity contribution < 1.29 is 4.79 Å². The van der Waals surface area contributed by atoms with Gasteiger partial charge >= 0.3 is 5.69 Å². The Hall–Kier alpha value is -2.48. The van der Waals surface area contributed by atoms with Crippen molar-refractivity contribution in [2.24, 2.45) is 11.8 Å². The summed E-state index contributed by atoms with van der Waals surface area (Å²) in [6, 6.07) is 1.59. The third kappa shape index (κ3) is 4.10. The van der Waals surface area contributed by atoms with Crippen molar-refractivity contribution >= 4 is 16.9 Å². The lowest BCUT2D eigenvalue weighted by atomic mass is 9.96. The Morgan fingerprint density at radius 3 is 2.63 bits per heavy atom. The van der Waals surface area contributed by atoms with Crippen LogP contribution in [0.3, 0.4) is 0 Å². The molecule has 2 aromatic rings. The molecule has 3 N–H and O–H groups in total. The molecule has 2 aliphatic rings. The number of amides is 1. The molecule has 27 heavy (non-hydrogen) atoms. The Balaban J connectivity index is 1.38. The molecule has 0 bridgehead atoms. The number of fused-ring (bicyclic) bond motifs is 1. The first-order valence-corrected chi connectivity index (χ1v) is 9.64. The highest BCUT2D eigenvalue weighted by Crippen LogP contribution is 2.31. The summed E-state index contributed by atoms with van der Waals surface area (Å²) < 4.78 is 0. The van der Waals surface area contributed by atoms with Crippen LogP contribution in [0.4, 0.5) is 0 Å². The van der Waals surface area contributed by atoms with Gasteiger partial charge in [-0.2, -0.15) is 0 Å². The molecule has 0 atom stereocenters. The number of hydrogen-bond donors (Lipinski definition) is 3. The molecule has 144 valence electrons. The SMILES string of the molecule is Cc1cc(C(=O)NCC2CCN(CC3CC3)CC2)nc2[nH]c(=O)[nH]c(=O)c12. The maximum atomic E-state index is 12.5. The first kappa shape index (κ1) is 17.9. The molecule has 1 aliphatic carbocycles. The van der Waals surface area contributed by atoms with Gasteiger partial charge in [-0.25, -0.2) is 9.78 Å². The first-order valence-electron chi connectivity index (χ1n) is 9.64. The zero-order valence-electron chi connectivity index (χ0n) is 15.5. The largest absolute Gasteiger partial charge is 0.350 e. The molecule has 1 amide bonds. The van der Waals surface area contributed by atoms with E-state index in [4.69, 9.17) is 0 Å². The van der Waals surface area contributed by atoms with Crippen LogP contribution in [0.15, 0.2) is 15.7 Å². The quantitative estimate of drug-likeness (QED) is 0.719. The predicted molar refractivity (Wildman–Crippen MR) is 102 cm³/mol. The number of aromatic nitrogens is 3. The number of H-pyrrole nitrogens is 2. The zero-order chi connectivity index (χ0) is 19.0. The molecule has 0 radical (unpaired) electrons. The number of nitrogens with zero attached hydrogens (tertiary/aromatic N) is 2. The Morgan fingerprint density at radius 1 is 1.19 bits per heavy atom. The highest BCUT2D eigenvalue weighted by atomic mass is 16.2. The van der Waals surface area contributed by atoms with Gasteiger partial charge < -0.3 is 10.2 Å². The summed E-state index contributed by atoms with van der Waals surface area (Å²) in [5.41, 5.74) is -0.163. The zero-order valence-corrected chi connectivity index (χ0v) is 15.5. The van der Waals surface area contributed by atoms with Crippen molar-refractivity contribution in [1.82, 2.24) is 25.2 Å². The Morgan fingerprint density at radius 2 is 1.93 bits per heavy atom. The number of rotatable bonds is 5. The average Bonchev–Trinajstić information content (AvgIpc) is 3.44. The number of pyridine rings is 1. The molecule has 2 aromatic heterocycles. The molecule has 1 saturated heterocycles. The van der Waals surface area contributed by atoms with Gasteiger partial charge in [0.25, 0.3) is 11.5 Å². The smallest absolute Gasteiger partial charge is 0.327 e. The van der Waals surface area contributed by atoms with Gasteiger partial charge in [-0.15, -0.1) is 0 Å². The molecule has 0 unspecified atom stereocenters. The van der Waals surface area contributed by atoms with E-state index in [9.17, 15) is 14.4 Å². The third-order valence-electron chi connectivity index (χ3n) is 5.61. The highest BCUT2D eigenvalue weighted by Gasteiger charge is 2.27. The molecule has 4 rings (SSSR count). The lowest BCUT2D eigenvalue weighted by Gasteiger charge is -2.32. The molecular formula is C19H25N5O3. The summed E-state index contributed by atoms with van der Waals surface area (Å²) in [7, 11) is 0. The fourth-order valence-electron chi connectivity index (χ4n) is 3.84. The lowest BCUT2D eigenvalue weighted by molar-refractivity contribution is 0.0931. The van der Waals surface area contributed by atoms with E-state index >= 15 is 0 Å². The number of hydrogen-bond acceptors (Lipinski definition) is 5. The van der Waals surface area contributed by atoms with Crippen molar-refractivity contribution in [2.45, 2.75) is 32.6 Å². The van der Waals surface area contributed by atoms with E-state index in [1.54, 1.807) is 13.0 Å². The molecule has 8 heteroatoms. The summed E-state index contributed by atoms with van der Waals surface area (Å²) >= 11 is 0. The second-order valence-corrected chi connectivity index (χ2v) is 7.85. The molecular weight excluding hydrogens is 346 g/mol. The lowest BCUT2D eigenvalue weighted by Crippen LogP contribution is -2.39. The fourth-order valence-corrected chi connectivity index (χ4v) is 3.84. The van der Waals surface area contributed by atoms with E-state index in [2.05, 4.69) is 25.2 Å². The molecule has 3 heterocycles. The highest BCUT2D eigenvalue weighted by molar-refractivity contribution is 5.95. The Bertz CT molecular complexity index is 967. The summed E-state index contributed by atoms with van der Waals surface area (Å²) in [4.78, 5) is 47.3. The number of likely N-dealkylation sites (tertiary alicyclic amines) is 1. The van der Waals surface area contributed by atoms with Crippen LogP contribution in [0.1, 0.15) is 41.7 Å². The second-order valence-electron chi connectivity index (χ2n) is 7.85. The maximum Gasteiger partial charge on any atom is 0.327 e. The van der Waals surface area contributed by atoms with Crippen molar-refractivity contribution in [3.05, 3.63) is 38.2 Å². The molecule has 0 spiro atoms. The molecule has 1 aliphatic heterocycles. The van der Waals surface area contributed by atoms with Crippen LogP contribution < -0.4 is 16.6 Å². The van der Waals surface area contributed by atoms with Gasteiger partial charge in [-0.3, -0.25) is 19.6 Å². The average molecular weight is 371 g/mol. The summed E-state index contributed by atoms with van der Waals surface area (Å²) in [6.45, 7) is 5.80. The predicted octanol–water partition coefficient (Wildman–Crippen LogP) is 0.772. The van der Waals surface area contributed by atoms with Crippen LogP contribution >= 0.6 is 0 Å². The minimum absolute atomic E-state index is 0.141.